The van der Waals surface area contributed by atoms with E-state index in [9.17, 15) is 4.89 Å². The maximum absolute atomic E-state index is 9.69. The molecule has 0 aromatic rings. The van der Waals surface area contributed by atoms with Gasteiger partial charge in [0, 0.05) is 32.8 Å². The van der Waals surface area contributed by atoms with E-state index in [1.165, 1.54) is 51.4 Å². The lowest BCUT2D eigenvalue weighted by Gasteiger charge is -2.23. The fourth-order valence-corrected chi connectivity index (χ4v) is 3.29. The van der Waals surface area contributed by atoms with Gasteiger partial charge >= 0.3 is 0 Å². The molecular formula is C16H34N3OP. The van der Waals surface area contributed by atoms with Crippen molar-refractivity contribution in [3.05, 3.63) is 0 Å². The molecule has 0 aliphatic carbocycles. The van der Waals surface area contributed by atoms with Crippen LogP contribution in [-0.2, 0) is 0 Å². The minimum absolute atomic E-state index is 1.05. The van der Waals surface area contributed by atoms with E-state index in [0.717, 1.165) is 32.1 Å². The molecule has 0 spiro atoms. The van der Waals surface area contributed by atoms with Crippen molar-refractivity contribution in [2.45, 2.75) is 65.2 Å². The van der Waals surface area contributed by atoms with Crippen LogP contribution in [0.25, 0.3) is 0 Å². The molecular weight excluding hydrogens is 281 g/mol. The van der Waals surface area contributed by atoms with Crippen molar-refractivity contribution in [3.8, 4) is 0 Å². The van der Waals surface area contributed by atoms with Crippen molar-refractivity contribution in [1.82, 2.24) is 9.80 Å². The monoisotopic (exact) mass is 315 g/mol. The summed E-state index contributed by atoms with van der Waals surface area (Å²) >= 11 is 0. The highest BCUT2D eigenvalue weighted by molar-refractivity contribution is 7.49. The lowest BCUT2D eigenvalue weighted by Crippen LogP contribution is -2.34. The number of nitrogens with zero attached hydrogens (tertiary/aromatic N) is 3. The molecule has 1 unspecified atom stereocenters. The molecule has 0 aromatic heterocycles. The van der Waals surface area contributed by atoms with Crippen LogP contribution in [0.3, 0.4) is 0 Å². The lowest BCUT2D eigenvalue weighted by atomic mass is 10.2. The first kappa shape index (κ1) is 18.7. The third-order valence-electron chi connectivity index (χ3n) is 4.00. The number of hydrogen-bond donors (Lipinski definition) is 1. The Kier molecular flexibility index (Phi) is 10.0. The summed E-state index contributed by atoms with van der Waals surface area (Å²) in [4.78, 5) is 14.5. The van der Waals surface area contributed by atoms with Gasteiger partial charge in [-0.05, 0) is 12.8 Å². The zero-order valence-corrected chi connectivity index (χ0v) is 15.1. The molecule has 1 aliphatic rings. The Labute approximate surface area is 132 Å². The van der Waals surface area contributed by atoms with Gasteiger partial charge in [-0.2, -0.15) is 4.76 Å². The Morgan fingerprint density at radius 1 is 0.905 bits per heavy atom. The summed E-state index contributed by atoms with van der Waals surface area (Å²) in [7, 11) is -1.20. The van der Waals surface area contributed by atoms with E-state index in [4.69, 9.17) is 0 Å². The van der Waals surface area contributed by atoms with Crippen LogP contribution < -0.4 is 0 Å². The van der Waals surface area contributed by atoms with Crippen LogP contribution in [0.15, 0.2) is 4.76 Å². The van der Waals surface area contributed by atoms with E-state index in [2.05, 4.69) is 28.4 Å². The molecule has 0 aromatic carbocycles. The Morgan fingerprint density at radius 3 is 1.76 bits per heavy atom. The van der Waals surface area contributed by atoms with Gasteiger partial charge in [0.1, 0.15) is 0 Å². The summed E-state index contributed by atoms with van der Waals surface area (Å²) in [5.74, 6) is 1.05. The molecule has 1 rings (SSSR count). The van der Waals surface area contributed by atoms with E-state index in [-0.39, 0.29) is 0 Å². The molecule has 1 atom stereocenters. The molecule has 1 aliphatic heterocycles. The average Bonchev–Trinajstić information content (AvgIpc) is 2.82. The highest BCUT2D eigenvalue weighted by Gasteiger charge is 2.26. The quantitative estimate of drug-likeness (QED) is 0.462. The van der Waals surface area contributed by atoms with E-state index in [1.807, 2.05) is 6.66 Å². The Bertz CT molecular complexity index is 275. The van der Waals surface area contributed by atoms with E-state index < -0.39 is 8.30 Å². The first-order valence-electron chi connectivity index (χ1n) is 8.70. The third kappa shape index (κ3) is 7.46. The largest absolute Gasteiger partial charge is 0.354 e. The summed E-state index contributed by atoms with van der Waals surface area (Å²) in [6.45, 7) is 10.6. The molecule has 0 amide bonds. The van der Waals surface area contributed by atoms with Crippen LogP contribution in [0.4, 0.5) is 0 Å². The van der Waals surface area contributed by atoms with Gasteiger partial charge in [-0.15, -0.1) is 0 Å². The van der Waals surface area contributed by atoms with Gasteiger partial charge in [0.15, 0.2) is 8.30 Å². The van der Waals surface area contributed by atoms with Gasteiger partial charge in [0.05, 0.1) is 0 Å². The van der Waals surface area contributed by atoms with Crippen molar-refractivity contribution in [2.75, 3.05) is 32.8 Å². The summed E-state index contributed by atoms with van der Waals surface area (Å²) in [5, 5.41) is 0. The first-order valence-corrected chi connectivity index (χ1v) is 10.4. The van der Waals surface area contributed by atoms with Crippen LogP contribution in [0.2, 0.25) is 0 Å². The van der Waals surface area contributed by atoms with Crippen LogP contribution in [0, 0.1) is 0 Å². The Balaban J connectivity index is 2.45. The predicted octanol–water partition coefficient (Wildman–Crippen LogP) is 4.05. The van der Waals surface area contributed by atoms with Crippen LogP contribution in [-0.4, -0.2) is 53.5 Å². The van der Waals surface area contributed by atoms with Gasteiger partial charge in [0.25, 0.3) is 0 Å². The van der Waals surface area contributed by atoms with Gasteiger partial charge in [-0.3, -0.25) is 0 Å². The zero-order chi connectivity index (χ0) is 15.5. The van der Waals surface area contributed by atoms with Crippen molar-refractivity contribution < 1.29 is 4.89 Å². The predicted molar refractivity (Wildman–Crippen MR) is 93.9 cm³/mol. The van der Waals surface area contributed by atoms with E-state index in [0.29, 0.717) is 0 Å². The van der Waals surface area contributed by atoms with Crippen molar-refractivity contribution in [2.24, 2.45) is 4.76 Å². The summed E-state index contributed by atoms with van der Waals surface area (Å²) < 4.78 is 4.53. The number of unbranched alkanes of at least 4 members (excludes halogenated alkanes) is 6. The molecule has 4 nitrogen and oxygen atoms in total. The minimum Gasteiger partial charge on any atom is -0.354 e. The van der Waals surface area contributed by atoms with Gasteiger partial charge in [-0.25, -0.2) is 0 Å². The maximum atomic E-state index is 9.69. The van der Waals surface area contributed by atoms with Crippen LogP contribution in [0.1, 0.15) is 65.2 Å². The smallest absolute Gasteiger partial charge is 0.202 e. The molecule has 0 saturated carbocycles. The molecule has 0 radical (unpaired) electrons. The molecule has 1 N–H and O–H groups in total. The SMILES string of the molecule is CCCCCCN1CCN(CCCCCC)C1=NP(C)O. The topological polar surface area (TPSA) is 39.1 Å². The van der Waals surface area contributed by atoms with E-state index >= 15 is 0 Å². The minimum atomic E-state index is -1.20. The maximum Gasteiger partial charge on any atom is 0.202 e. The summed E-state index contributed by atoms with van der Waals surface area (Å²) in [6, 6.07) is 0. The number of guanidine groups is 1. The fraction of sp³-hybridized carbons (Fsp3) is 0.938. The Hall–Kier alpha value is -0.340. The van der Waals surface area contributed by atoms with Crippen LogP contribution in [0.5, 0.6) is 0 Å². The zero-order valence-electron chi connectivity index (χ0n) is 14.2. The average molecular weight is 315 g/mol. The second kappa shape index (κ2) is 11.3. The molecule has 1 fully saturated rings. The number of rotatable bonds is 11. The summed E-state index contributed by atoms with van der Waals surface area (Å²) in [5.41, 5.74) is 0. The van der Waals surface area contributed by atoms with Crippen molar-refractivity contribution in [3.63, 3.8) is 0 Å². The Morgan fingerprint density at radius 2 is 1.38 bits per heavy atom. The third-order valence-corrected chi connectivity index (χ3v) is 4.47. The molecule has 1 heterocycles. The molecule has 1 saturated heterocycles. The van der Waals surface area contributed by atoms with Gasteiger partial charge in [-0.1, -0.05) is 52.4 Å². The standard InChI is InChI=1S/C16H34N3OP/c1-4-6-8-10-12-18-14-15-19(13-11-9-7-5-2)16(18)17-21(3)20/h20H,4-15H2,1-3H3. The lowest BCUT2D eigenvalue weighted by molar-refractivity contribution is 0.435. The second-order valence-corrected chi connectivity index (χ2v) is 7.16. The summed E-state index contributed by atoms with van der Waals surface area (Å²) in [6.07, 6.45) is 10.3. The van der Waals surface area contributed by atoms with Crippen LogP contribution >= 0.6 is 8.30 Å². The van der Waals surface area contributed by atoms with Crippen molar-refractivity contribution >= 4 is 14.3 Å². The first-order chi connectivity index (χ1) is 10.2. The molecule has 21 heavy (non-hydrogen) atoms. The van der Waals surface area contributed by atoms with Gasteiger partial charge in [0.2, 0.25) is 5.96 Å². The highest BCUT2D eigenvalue weighted by Crippen LogP contribution is 2.28. The second-order valence-electron chi connectivity index (χ2n) is 5.98. The number of hydrogen-bond acceptors (Lipinski definition) is 2. The fourth-order valence-electron chi connectivity index (χ4n) is 2.78. The van der Waals surface area contributed by atoms with Crippen molar-refractivity contribution in [1.29, 1.82) is 0 Å². The van der Waals surface area contributed by atoms with Gasteiger partial charge < -0.3 is 14.7 Å². The van der Waals surface area contributed by atoms with E-state index in [1.54, 1.807) is 0 Å². The highest BCUT2D eigenvalue weighted by atomic mass is 31.2. The molecule has 5 heteroatoms. The molecule has 0 bridgehead atoms. The normalized spacial score (nSPS) is 16.7. The molecule has 124 valence electrons.